The first-order valence-corrected chi connectivity index (χ1v) is 3.75. The van der Waals surface area contributed by atoms with Crippen LogP contribution in [0.1, 0.15) is 11.1 Å². The van der Waals surface area contributed by atoms with Crippen molar-refractivity contribution >= 4 is 12.4 Å². The summed E-state index contributed by atoms with van der Waals surface area (Å²) >= 11 is 0. The Balaban J connectivity index is 0.00000121. The Bertz CT molecular complexity index is 210. The van der Waals surface area contributed by atoms with E-state index in [-0.39, 0.29) is 19.0 Å². The van der Waals surface area contributed by atoms with Crippen LogP contribution in [-0.2, 0) is 13.0 Å². The summed E-state index contributed by atoms with van der Waals surface area (Å²) in [4.78, 5) is 0. The van der Waals surface area contributed by atoms with Crippen LogP contribution in [0.25, 0.3) is 0 Å². The standard InChI is InChI=1S/C9H13NO.ClH/c10-6-5-8-1-3-9(7-11)4-2-8;/h1-4,11H,5-7,10H2;1H. The molecule has 0 atom stereocenters. The van der Waals surface area contributed by atoms with Gasteiger partial charge in [0.15, 0.2) is 0 Å². The molecule has 68 valence electrons. The average Bonchev–Trinajstić information content (AvgIpc) is 2.07. The van der Waals surface area contributed by atoms with Crippen LogP contribution in [0.5, 0.6) is 0 Å². The van der Waals surface area contributed by atoms with Gasteiger partial charge in [0, 0.05) is 0 Å². The van der Waals surface area contributed by atoms with E-state index in [1.54, 1.807) is 0 Å². The van der Waals surface area contributed by atoms with Gasteiger partial charge in [-0.1, -0.05) is 24.3 Å². The van der Waals surface area contributed by atoms with Gasteiger partial charge < -0.3 is 10.8 Å². The van der Waals surface area contributed by atoms with Crippen molar-refractivity contribution in [2.75, 3.05) is 6.54 Å². The van der Waals surface area contributed by atoms with Gasteiger partial charge in [-0.2, -0.15) is 0 Å². The highest BCUT2D eigenvalue weighted by Gasteiger charge is 1.91. The summed E-state index contributed by atoms with van der Waals surface area (Å²) < 4.78 is 0. The molecule has 0 radical (unpaired) electrons. The molecule has 12 heavy (non-hydrogen) atoms. The van der Waals surface area contributed by atoms with Gasteiger partial charge in [0.2, 0.25) is 0 Å². The minimum atomic E-state index is 0. The Morgan fingerprint density at radius 1 is 1.08 bits per heavy atom. The van der Waals surface area contributed by atoms with Gasteiger partial charge in [-0.15, -0.1) is 12.4 Å². The molecule has 0 saturated heterocycles. The van der Waals surface area contributed by atoms with Gasteiger partial charge in [0.05, 0.1) is 6.61 Å². The summed E-state index contributed by atoms with van der Waals surface area (Å²) in [5.74, 6) is 0. The largest absolute Gasteiger partial charge is 0.392 e. The van der Waals surface area contributed by atoms with Crippen LogP contribution in [0.3, 0.4) is 0 Å². The minimum absolute atomic E-state index is 0. The van der Waals surface area contributed by atoms with Crippen LogP contribution in [0.15, 0.2) is 24.3 Å². The Labute approximate surface area is 78.8 Å². The Kier molecular flexibility index (Phi) is 5.72. The zero-order valence-corrected chi connectivity index (χ0v) is 7.68. The molecule has 0 spiro atoms. The molecule has 0 aromatic heterocycles. The maximum absolute atomic E-state index is 8.73. The number of halogens is 1. The second-order valence-corrected chi connectivity index (χ2v) is 2.51. The van der Waals surface area contributed by atoms with E-state index in [9.17, 15) is 0 Å². The number of benzene rings is 1. The lowest BCUT2D eigenvalue weighted by Gasteiger charge is -1.99. The summed E-state index contributed by atoms with van der Waals surface area (Å²) in [5.41, 5.74) is 7.56. The van der Waals surface area contributed by atoms with E-state index >= 15 is 0 Å². The van der Waals surface area contributed by atoms with Crippen LogP contribution in [-0.4, -0.2) is 11.7 Å². The third-order valence-corrected chi connectivity index (χ3v) is 1.64. The maximum atomic E-state index is 8.73. The fourth-order valence-corrected chi connectivity index (χ4v) is 0.978. The molecule has 0 unspecified atom stereocenters. The van der Waals surface area contributed by atoms with E-state index in [0.717, 1.165) is 12.0 Å². The molecule has 1 rings (SSSR count). The van der Waals surface area contributed by atoms with Crippen molar-refractivity contribution in [3.05, 3.63) is 35.4 Å². The molecule has 3 heteroatoms. The molecule has 0 saturated carbocycles. The first-order valence-electron chi connectivity index (χ1n) is 3.75. The highest BCUT2D eigenvalue weighted by molar-refractivity contribution is 5.85. The lowest BCUT2D eigenvalue weighted by Crippen LogP contribution is -2.02. The van der Waals surface area contributed by atoms with Crippen LogP contribution >= 0.6 is 12.4 Å². The van der Waals surface area contributed by atoms with Crippen molar-refractivity contribution in [3.8, 4) is 0 Å². The average molecular weight is 188 g/mol. The number of hydrogen-bond donors (Lipinski definition) is 2. The van der Waals surface area contributed by atoms with Crippen LogP contribution in [0, 0.1) is 0 Å². The SMILES string of the molecule is Cl.NCCc1ccc(CO)cc1. The predicted molar refractivity (Wildman–Crippen MR) is 52.4 cm³/mol. The second kappa shape index (κ2) is 6.00. The third-order valence-electron chi connectivity index (χ3n) is 1.64. The monoisotopic (exact) mass is 187 g/mol. The lowest BCUT2D eigenvalue weighted by molar-refractivity contribution is 0.282. The zero-order valence-electron chi connectivity index (χ0n) is 6.86. The summed E-state index contributed by atoms with van der Waals surface area (Å²) in [5, 5.41) is 8.73. The molecular formula is C9H14ClNO. The van der Waals surface area contributed by atoms with Crippen molar-refractivity contribution in [2.45, 2.75) is 13.0 Å². The van der Waals surface area contributed by atoms with Gasteiger partial charge in [-0.05, 0) is 24.1 Å². The highest BCUT2D eigenvalue weighted by atomic mass is 35.5. The highest BCUT2D eigenvalue weighted by Crippen LogP contribution is 2.03. The smallest absolute Gasteiger partial charge is 0.0681 e. The van der Waals surface area contributed by atoms with Crippen LogP contribution in [0.4, 0.5) is 0 Å². The molecule has 0 bridgehead atoms. The number of aliphatic hydroxyl groups excluding tert-OH is 1. The molecule has 1 aromatic carbocycles. The number of nitrogens with two attached hydrogens (primary N) is 1. The minimum Gasteiger partial charge on any atom is -0.392 e. The summed E-state index contributed by atoms with van der Waals surface area (Å²) in [6, 6.07) is 7.84. The summed E-state index contributed by atoms with van der Waals surface area (Å²) in [6.07, 6.45) is 0.908. The molecule has 0 aliphatic rings. The quantitative estimate of drug-likeness (QED) is 0.745. The fourth-order valence-electron chi connectivity index (χ4n) is 0.978. The van der Waals surface area contributed by atoms with E-state index in [1.165, 1.54) is 5.56 Å². The third kappa shape index (κ3) is 3.22. The number of hydrogen-bond acceptors (Lipinski definition) is 2. The molecule has 0 aliphatic carbocycles. The van der Waals surface area contributed by atoms with E-state index in [2.05, 4.69) is 0 Å². The molecule has 2 nitrogen and oxygen atoms in total. The van der Waals surface area contributed by atoms with Crippen molar-refractivity contribution in [1.29, 1.82) is 0 Å². The van der Waals surface area contributed by atoms with Crippen LogP contribution < -0.4 is 5.73 Å². The van der Waals surface area contributed by atoms with E-state index in [1.807, 2.05) is 24.3 Å². The fraction of sp³-hybridized carbons (Fsp3) is 0.333. The molecule has 0 fully saturated rings. The van der Waals surface area contributed by atoms with E-state index < -0.39 is 0 Å². The van der Waals surface area contributed by atoms with Gasteiger partial charge in [-0.25, -0.2) is 0 Å². The van der Waals surface area contributed by atoms with Crippen molar-refractivity contribution in [3.63, 3.8) is 0 Å². The molecule has 1 aromatic rings. The number of aliphatic hydroxyl groups is 1. The molecule has 0 aliphatic heterocycles. The maximum Gasteiger partial charge on any atom is 0.0681 e. The van der Waals surface area contributed by atoms with Gasteiger partial charge in [0.25, 0.3) is 0 Å². The Morgan fingerprint density at radius 3 is 2.00 bits per heavy atom. The van der Waals surface area contributed by atoms with Crippen molar-refractivity contribution in [1.82, 2.24) is 0 Å². The van der Waals surface area contributed by atoms with Crippen molar-refractivity contribution < 1.29 is 5.11 Å². The van der Waals surface area contributed by atoms with Gasteiger partial charge >= 0.3 is 0 Å². The normalized spacial score (nSPS) is 9.17. The van der Waals surface area contributed by atoms with Gasteiger partial charge in [-0.3, -0.25) is 0 Å². The predicted octanol–water partition coefficient (Wildman–Crippen LogP) is 1.10. The zero-order chi connectivity index (χ0) is 8.10. The molecule has 0 amide bonds. The van der Waals surface area contributed by atoms with Gasteiger partial charge in [0.1, 0.15) is 0 Å². The van der Waals surface area contributed by atoms with E-state index in [0.29, 0.717) is 6.54 Å². The Morgan fingerprint density at radius 2 is 1.58 bits per heavy atom. The van der Waals surface area contributed by atoms with E-state index in [4.69, 9.17) is 10.8 Å². The summed E-state index contributed by atoms with van der Waals surface area (Å²) in [6.45, 7) is 0.793. The first-order chi connectivity index (χ1) is 5.36. The topological polar surface area (TPSA) is 46.2 Å². The first kappa shape index (κ1) is 11.4. The lowest BCUT2D eigenvalue weighted by atomic mass is 10.1. The van der Waals surface area contributed by atoms with Crippen LogP contribution in [0.2, 0.25) is 0 Å². The molecule has 3 N–H and O–H groups in total. The Hall–Kier alpha value is -0.570. The molecule has 0 heterocycles. The summed E-state index contributed by atoms with van der Waals surface area (Å²) in [7, 11) is 0. The molecular weight excluding hydrogens is 174 g/mol. The second-order valence-electron chi connectivity index (χ2n) is 2.51. The van der Waals surface area contributed by atoms with Crippen molar-refractivity contribution in [2.24, 2.45) is 5.73 Å². The number of rotatable bonds is 3.